The molecule has 0 aliphatic rings. The lowest BCUT2D eigenvalue weighted by atomic mass is 10.2. The number of nitrogens with zero attached hydrogens (tertiary/aromatic N) is 4. The lowest BCUT2D eigenvalue weighted by Crippen LogP contribution is -2.15. The van der Waals surface area contributed by atoms with Gasteiger partial charge in [-0.05, 0) is 40.8 Å². The summed E-state index contributed by atoms with van der Waals surface area (Å²) in [5, 5.41) is 14.1. The number of rotatable bonds is 6. The fourth-order valence-corrected chi connectivity index (χ4v) is 3.01. The second-order valence-electron chi connectivity index (χ2n) is 5.46. The first-order valence-corrected chi connectivity index (χ1v) is 8.88. The highest BCUT2D eigenvalue weighted by atomic mass is 32.2. The van der Waals surface area contributed by atoms with E-state index < -0.39 is 17.6 Å². The van der Waals surface area contributed by atoms with Crippen molar-refractivity contribution < 1.29 is 22.7 Å². The van der Waals surface area contributed by atoms with E-state index in [9.17, 15) is 18.0 Å². The molecule has 1 N–H and O–H groups in total. The molecule has 0 atom stereocenters. The second-order valence-corrected chi connectivity index (χ2v) is 6.40. The zero-order valence-corrected chi connectivity index (χ0v) is 15.3. The van der Waals surface area contributed by atoms with Gasteiger partial charge in [-0.3, -0.25) is 4.79 Å². The predicted molar refractivity (Wildman–Crippen MR) is 96.5 cm³/mol. The topological polar surface area (TPSA) is 81.9 Å². The second kappa shape index (κ2) is 8.30. The van der Waals surface area contributed by atoms with E-state index in [2.05, 4.69) is 20.8 Å². The number of nitrogens with one attached hydrogen (secondary N) is 1. The number of para-hydroxylation sites is 2. The number of anilines is 1. The number of ether oxygens (including phenoxy) is 1. The van der Waals surface area contributed by atoms with Crippen LogP contribution < -0.4 is 10.1 Å². The van der Waals surface area contributed by atoms with E-state index in [0.29, 0.717) is 16.6 Å². The van der Waals surface area contributed by atoms with Crippen LogP contribution in [0.3, 0.4) is 0 Å². The number of carbonyl (C=O) groups excluding carboxylic acids is 1. The van der Waals surface area contributed by atoms with E-state index in [1.54, 1.807) is 24.3 Å². The Morgan fingerprint density at radius 3 is 2.75 bits per heavy atom. The van der Waals surface area contributed by atoms with Crippen molar-refractivity contribution in [3.8, 4) is 11.4 Å². The zero-order valence-electron chi connectivity index (χ0n) is 14.5. The minimum atomic E-state index is -4.48. The van der Waals surface area contributed by atoms with Crippen molar-refractivity contribution in [1.29, 1.82) is 0 Å². The molecule has 0 fully saturated rings. The summed E-state index contributed by atoms with van der Waals surface area (Å²) in [5.41, 5.74) is -0.182. The molecular weight excluding hydrogens is 395 g/mol. The monoisotopic (exact) mass is 409 g/mol. The van der Waals surface area contributed by atoms with Crippen LogP contribution in [0.5, 0.6) is 5.75 Å². The summed E-state index contributed by atoms with van der Waals surface area (Å²) < 4.78 is 45.0. The molecule has 1 amide bonds. The number of aromatic nitrogens is 4. The predicted octanol–water partition coefficient (Wildman–Crippen LogP) is 3.42. The first kappa shape index (κ1) is 19.7. The first-order chi connectivity index (χ1) is 13.4. The van der Waals surface area contributed by atoms with Crippen LogP contribution in [-0.4, -0.2) is 39.0 Å². The number of methoxy groups -OCH3 is 1. The van der Waals surface area contributed by atoms with Crippen LogP contribution in [0, 0.1) is 0 Å². The fraction of sp³-hybridized carbons (Fsp3) is 0.176. The van der Waals surface area contributed by atoms with Crippen molar-refractivity contribution in [2.75, 3.05) is 18.2 Å². The normalized spacial score (nSPS) is 11.3. The van der Waals surface area contributed by atoms with E-state index >= 15 is 0 Å². The summed E-state index contributed by atoms with van der Waals surface area (Å²) in [6, 6.07) is 11.5. The van der Waals surface area contributed by atoms with Crippen molar-refractivity contribution in [1.82, 2.24) is 20.2 Å². The van der Waals surface area contributed by atoms with Gasteiger partial charge in [0.25, 0.3) is 0 Å². The van der Waals surface area contributed by atoms with Gasteiger partial charge in [0.2, 0.25) is 11.1 Å². The maximum absolute atomic E-state index is 12.8. The van der Waals surface area contributed by atoms with E-state index in [0.717, 1.165) is 23.9 Å². The number of amides is 1. The molecule has 0 spiro atoms. The van der Waals surface area contributed by atoms with Gasteiger partial charge >= 0.3 is 6.18 Å². The number of hydrogen-bond acceptors (Lipinski definition) is 6. The van der Waals surface area contributed by atoms with Gasteiger partial charge < -0.3 is 10.1 Å². The molecule has 0 unspecified atom stereocenters. The van der Waals surface area contributed by atoms with Crippen LogP contribution >= 0.6 is 11.8 Å². The molecule has 3 rings (SSSR count). The molecular formula is C17H14F3N5O2S. The Labute approximate surface area is 161 Å². The maximum atomic E-state index is 12.8. The number of alkyl halides is 3. The van der Waals surface area contributed by atoms with E-state index in [1.807, 2.05) is 0 Å². The molecule has 0 aliphatic heterocycles. The molecule has 0 aliphatic carbocycles. The van der Waals surface area contributed by atoms with Crippen LogP contribution in [0.1, 0.15) is 5.56 Å². The summed E-state index contributed by atoms with van der Waals surface area (Å²) in [4.78, 5) is 12.1. The van der Waals surface area contributed by atoms with Crippen LogP contribution in [0.25, 0.3) is 5.69 Å². The van der Waals surface area contributed by atoms with E-state index in [4.69, 9.17) is 4.74 Å². The third-order valence-corrected chi connectivity index (χ3v) is 4.48. The molecule has 7 nitrogen and oxygen atoms in total. The lowest BCUT2D eigenvalue weighted by Gasteiger charge is -2.10. The summed E-state index contributed by atoms with van der Waals surface area (Å²) in [5.74, 6) is -0.0323. The van der Waals surface area contributed by atoms with Gasteiger partial charge in [0.15, 0.2) is 0 Å². The van der Waals surface area contributed by atoms with Crippen molar-refractivity contribution >= 4 is 23.4 Å². The summed E-state index contributed by atoms with van der Waals surface area (Å²) >= 11 is 1.04. The van der Waals surface area contributed by atoms with Crippen molar-refractivity contribution in [2.24, 2.45) is 0 Å². The van der Waals surface area contributed by atoms with Gasteiger partial charge in [-0.25, -0.2) is 0 Å². The molecule has 11 heteroatoms. The number of tetrazole rings is 1. The molecule has 2 aromatic carbocycles. The molecule has 28 heavy (non-hydrogen) atoms. The van der Waals surface area contributed by atoms with Gasteiger partial charge in [-0.1, -0.05) is 30.0 Å². The van der Waals surface area contributed by atoms with Gasteiger partial charge in [0.1, 0.15) is 11.4 Å². The summed E-state index contributed by atoms with van der Waals surface area (Å²) in [6.45, 7) is 0. The molecule has 0 saturated heterocycles. The molecule has 146 valence electrons. The smallest absolute Gasteiger partial charge is 0.416 e. The average molecular weight is 409 g/mol. The van der Waals surface area contributed by atoms with Crippen LogP contribution in [0.2, 0.25) is 0 Å². The number of benzene rings is 2. The summed E-state index contributed by atoms with van der Waals surface area (Å²) in [7, 11) is 1.51. The molecule has 3 aromatic rings. The van der Waals surface area contributed by atoms with Gasteiger partial charge in [-0.2, -0.15) is 17.9 Å². The van der Waals surface area contributed by atoms with Crippen molar-refractivity contribution in [2.45, 2.75) is 11.3 Å². The third kappa shape index (κ3) is 4.60. The molecule has 1 heterocycles. The first-order valence-electron chi connectivity index (χ1n) is 7.90. The van der Waals surface area contributed by atoms with Gasteiger partial charge in [0.05, 0.1) is 18.4 Å². The lowest BCUT2D eigenvalue weighted by molar-refractivity contribution is -0.137. The Morgan fingerprint density at radius 1 is 1.21 bits per heavy atom. The Bertz CT molecular complexity index is 977. The van der Waals surface area contributed by atoms with Crippen LogP contribution in [0.15, 0.2) is 53.7 Å². The Morgan fingerprint density at radius 2 is 2.00 bits per heavy atom. The Kier molecular flexibility index (Phi) is 5.83. The highest BCUT2D eigenvalue weighted by Crippen LogP contribution is 2.31. The molecule has 1 aromatic heterocycles. The van der Waals surface area contributed by atoms with E-state index in [1.165, 1.54) is 23.9 Å². The van der Waals surface area contributed by atoms with Gasteiger partial charge in [0, 0.05) is 5.69 Å². The standard InChI is InChI=1S/C17H14F3N5O2S/c1-27-14-8-3-2-7-13(14)25-16(22-23-24-25)28-10-15(26)21-12-6-4-5-11(9-12)17(18,19)20/h2-9H,10H2,1H3,(H,21,26). The van der Waals surface area contributed by atoms with Crippen LogP contribution in [-0.2, 0) is 11.0 Å². The Balaban J connectivity index is 1.67. The number of hydrogen-bond donors (Lipinski definition) is 1. The summed E-state index contributed by atoms with van der Waals surface area (Å²) in [6.07, 6.45) is -4.48. The molecule has 0 bridgehead atoms. The number of thioether (sulfide) groups is 1. The fourth-order valence-electron chi connectivity index (χ4n) is 2.33. The van der Waals surface area contributed by atoms with Crippen LogP contribution in [0.4, 0.5) is 18.9 Å². The quantitative estimate of drug-likeness (QED) is 0.629. The van der Waals surface area contributed by atoms with Gasteiger partial charge in [-0.15, -0.1) is 5.10 Å². The zero-order chi connectivity index (χ0) is 20.1. The Hall–Kier alpha value is -3.08. The number of halogens is 3. The maximum Gasteiger partial charge on any atom is 0.416 e. The van der Waals surface area contributed by atoms with Crippen molar-refractivity contribution in [3.05, 3.63) is 54.1 Å². The molecule has 0 radical (unpaired) electrons. The van der Waals surface area contributed by atoms with Crippen molar-refractivity contribution in [3.63, 3.8) is 0 Å². The SMILES string of the molecule is COc1ccccc1-n1nnnc1SCC(=O)Nc1cccc(C(F)(F)F)c1. The average Bonchev–Trinajstić information content (AvgIpc) is 3.14. The highest BCUT2D eigenvalue weighted by molar-refractivity contribution is 7.99. The van der Waals surface area contributed by atoms with E-state index in [-0.39, 0.29) is 11.4 Å². The minimum absolute atomic E-state index is 0.0599. The largest absolute Gasteiger partial charge is 0.494 e. The molecule has 0 saturated carbocycles. The highest BCUT2D eigenvalue weighted by Gasteiger charge is 2.30. The number of carbonyl (C=O) groups is 1. The minimum Gasteiger partial charge on any atom is -0.494 e. The third-order valence-electron chi connectivity index (χ3n) is 3.56.